The molecular formula is C13H13Cl2N3OS. The molecule has 1 amide bonds. The van der Waals surface area contributed by atoms with Crippen LogP contribution in [0.2, 0.25) is 8.67 Å². The molecule has 0 aromatic carbocycles. The first-order valence-corrected chi connectivity index (χ1v) is 7.95. The van der Waals surface area contributed by atoms with Crippen molar-refractivity contribution in [1.29, 1.82) is 0 Å². The molecule has 7 heteroatoms. The van der Waals surface area contributed by atoms with Gasteiger partial charge >= 0.3 is 0 Å². The van der Waals surface area contributed by atoms with E-state index >= 15 is 0 Å². The minimum absolute atomic E-state index is 0.0463. The number of rotatable bonds is 2. The van der Waals surface area contributed by atoms with Crippen LogP contribution in [-0.2, 0) is 0 Å². The number of carbonyl (C=O) groups is 1. The van der Waals surface area contributed by atoms with Crippen LogP contribution in [0, 0.1) is 0 Å². The molecular weight excluding hydrogens is 317 g/mol. The third kappa shape index (κ3) is 2.71. The molecule has 0 spiro atoms. The van der Waals surface area contributed by atoms with Crippen molar-refractivity contribution >= 4 is 40.4 Å². The molecule has 1 unspecified atom stereocenters. The van der Waals surface area contributed by atoms with E-state index in [9.17, 15) is 4.79 Å². The minimum Gasteiger partial charge on any atom is -0.336 e. The fourth-order valence-electron chi connectivity index (χ4n) is 2.51. The monoisotopic (exact) mass is 329 g/mol. The van der Waals surface area contributed by atoms with Crippen LogP contribution in [0.15, 0.2) is 24.5 Å². The van der Waals surface area contributed by atoms with Crippen LogP contribution >= 0.6 is 34.5 Å². The minimum atomic E-state index is -0.0463. The molecule has 1 aliphatic heterocycles. The van der Waals surface area contributed by atoms with Crippen molar-refractivity contribution in [2.45, 2.75) is 18.9 Å². The average Bonchev–Trinajstić information content (AvgIpc) is 3.08. The molecule has 20 heavy (non-hydrogen) atoms. The standard InChI is InChI=1S/C13H13Cl2N3OS/c14-11-7-10(12(15)20-11)13(19)17-5-1-3-9(8-17)18-6-2-4-16-18/h2,4,6-7,9H,1,3,5,8H2. The molecule has 3 heterocycles. The third-order valence-electron chi connectivity index (χ3n) is 3.47. The largest absolute Gasteiger partial charge is 0.336 e. The third-order valence-corrected chi connectivity index (χ3v) is 4.96. The van der Waals surface area contributed by atoms with Gasteiger partial charge in [-0.05, 0) is 25.0 Å². The van der Waals surface area contributed by atoms with Gasteiger partial charge in [0.05, 0.1) is 15.9 Å². The first-order chi connectivity index (χ1) is 9.65. The summed E-state index contributed by atoms with van der Waals surface area (Å²) in [6.45, 7) is 1.41. The molecule has 0 saturated carbocycles. The highest BCUT2D eigenvalue weighted by Gasteiger charge is 2.27. The van der Waals surface area contributed by atoms with E-state index < -0.39 is 0 Å². The van der Waals surface area contributed by atoms with Gasteiger partial charge in [0.1, 0.15) is 4.34 Å². The van der Waals surface area contributed by atoms with Gasteiger partial charge in [0.2, 0.25) is 0 Å². The zero-order valence-corrected chi connectivity index (χ0v) is 13.0. The number of likely N-dealkylation sites (tertiary alicyclic amines) is 1. The molecule has 0 radical (unpaired) electrons. The fraction of sp³-hybridized carbons (Fsp3) is 0.385. The number of hydrogen-bond acceptors (Lipinski definition) is 3. The molecule has 106 valence electrons. The maximum atomic E-state index is 12.5. The second-order valence-corrected chi connectivity index (χ2v) is 7.06. The van der Waals surface area contributed by atoms with E-state index in [4.69, 9.17) is 23.2 Å². The summed E-state index contributed by atoms with van der Waals surface area (Å²) in [5, 5.41) is 4.26. The van der Waals surface area contributed by atoms with Crippen molar-refractivity contribution in [3.63, 3.8) is 0 Å². The summed E-state index contributed by atoms with van der Waals surface area (Å²) in [5.74, 6) is -0.0463. The number of aromatic nitrogens is 2. The molecule has 0 aliphatic carbocycles. The van der Waals surface area contributed by atoms with Crippen molar-refractivity contribution in [2.24, 2.45) is 0 Å². The second kappa shape index (κ2) is 5.76. The van der Waals surface area contributed by atoms with Crippen molar-refractivity contribution in [2.75, 3.05) is 13.1 Å². The van der Waals surface area contributed by atoms with Gasteiger partial charge in [0, 0.05) is 25.5 Å². The number of carbonyl (C=O) groups excluding carboxylic acids is 1. The van der Waals surface area contributed by atoms with Crippen LogP contribution in [-0.4, -0.2) is 33.7 Å². The molecule has 1 saturated heterocycles. The first kappa shape index (κ1) is 13.9. The Balaban J connectivity index is 1.77. The van der Waals surface area contributed by atoms with Crippen LogP contribution in [0.25, 0.3) is 0 Å². The number of piperidine rings is 1. The summed E-state index contributed by atoms with van der Waals surface area (Å²) in [6.07, 6.45) is 5.69. The predicted molar refractivity (Wildman–Crippen MR) is 80.7 cm³/mol. The Morgan fingerprint density at radius 2 is 2.30 bits per heavy atom. The maximum Gasteiger partial charge on any atom is 0.256 e. The Hall–Kier alpha value is -1.04. The van der Waals surface area contributed by atoms with Crippen molar-refractivity contribution in [3.8, 4) is 0 Å². The number of hydrogen-bond donors (Lipinski definition) is 0. The zero-order chi connectivity index (χ0) is 14.1. The number of thiophene rings is 1. The Morgan fingerprint density at radius 1 is 1.45 bits per heavy atom. The van der Waals surface area contributed by atoms with E-state index in [-0.39, 0.29) is 11.9 Å². The smallest absolute Gasteiger partial charge is 0.256 e. The summed E-state index contributed by atoms with van der Waals surface area (Å²) in [6, 6.07) is 3.78. The summed E-state index contributed by atoms with van der Waals surface area (Å²) >= 11 is 13.2. The number of halogens is 2. The summed E-state index contributed by atoms with van der Waals surface area (Å²) in [5.41, 5.74) is 0.503. The summed E-state index contributed by atoms with van der Waals surface area (Å²) < 4.78 is 2.92. The van der Waals surface area contributed by atoms with E-state index in [1.807, 2.05) is 21.8 Å². The topological polar surface area (TPSA) is 38.1 Å². The van der Waals surface area contributed by atoms with Gasteiger partial charge in [-0.2, -0.15) is 5.10 Å². The van der Waals surface area contributed by atoms with Gasteiger partial charge < -0.3 is 4.90 Å². The van der Waals surface area contributed by atoms with E-state index in [0.29, 0.717) is 20.8 Å². The van der Waals surface area contributed by atoms with Crippen LogP contribution in [0.5, 0.6) is 0 Å². The van der Waals surface area contributed by atoms with E-state index in [1.165, 1.54) is 11.3 Å². The molecule has 1 fully saturated rings. The average molecular weight is 330 g/mol. The summed E-state index contributed by atoms with van der Waals surface area (Å²) in [4.78, 5) is 14.3. The van der Waals surface area contributed by atoms with Crippen LogP contribution in [0.1, 0.15) is 29.2 Å². The molecule has 2 aromatic heterocycles. The maximum absolute atomic E-state index is 12.5. The normalized spacial score (nSPS) is 19.3. The van der Waals surface area contributed by atoms with Gasteiger partial charge in [-0.15, -0.1) is 11.3 Å². The van der Waals surface area contributed by atoms with Crippen LogP contribution in [0.4, 0.5) is 0 Å². The number of amides is 1. The van der Waals surface area contributed by atoms with Gasteiger partial charge in [-0.25, -0.2) is 0 Å². The van der Waals surface area contributed by atoms with E-state index in [2.05, 4.69) is 5.10 Å². The second-order valence-electron chi connectivity index (χ2n) is 4.77. The molecule has 1 atom stereocenters. The Labute approximate surface area is 130 Å². The van der Waals surface area contributed by atoms with Crippen molar-refractivity contribution in [3.05, 3.63) is 38.8 Å². The molecule has 1 aliphatic rings. The Kier molecular flexibility index (Phi) is 4.01. The highest BCUT2D eigenvalue weighted by Crippen LogP contribution is 2.33. The van der Waals surface area contributed by atoms with Crippen LogP contribution in [0.3, 0.4) is 0 Å². The molecule has 0 bridgehead atoms. The Morgan fingerprint density at radius 3 is 2.95 bits per heavy atom. The summed E-state index contributed by atoms with van der Waals surface area (Å²) in [7, 11) is 0. The Bertz CT molecular complexity index is 611. The van der Waals surface area contributed by atoms with Gasteiger partial charge in [-0.1, -0.05) is 23.2 Å². The highest BCUT2D eigenvalue weighted by atomic mass is 35.5. The van der Waals surface area contributed by atoms with Crippen LogP contribution < -0.4 is 0 Å². The SMILES string of the molecule is O=C(c1cc(Cl)sc1Cl)N1CCCC(n2cccn2)C1. The molecule has 2 aromatic rings. The van der Waals surface area contributed by atoms with E-state index in [1.54, 1.807) is 12.3 Å². The van der Waals surface area contributed by atoms with Gasteiger partial charge in [-0.3, -0.25) is 9.48 Å². The quantitative estimate of drug-likeness (QED) is 0.841. The van der Waals surface area contributed by atoms with Crippen molar-refractivity contribution in [1.82, 2.24) is 14.7 Å². The molecule has 3 rings (SSSR count). The molecule has 0 N–H and O–H groups in total. The van der Waals surface area contributed by atoms with Crippen molar-refractivity contribution < 1.29 is 4.79 Å². The lowest BCUT2D eigenvalue weighted by Crippen LogP contribution is -2.40. The lowest BCUT2D eigenvalue weighted by molar-refractivity contribution is 0.0673. The fourth-order valence-corrected chi connectivity index (χ4v) is 3.96. The predicted octanol–water partition coefficient (Wildman–Crippen LogP) is 3.73. The van der Waals surface area contributed by atoms with Gasteiger partial charge in [0.15, 0.2) is 0 Å². The molecule has 4 nitrogen and oxygen atoms in total. The highest BCUT2D eigenvalue weighted by molar-refractivity contribution is 7.20. The number of nitrogens with zero attached hydrogens (tertiary/aromatic N) is 3. The van der Waals surface area contributed by atoms with Gasteiger partial charge in [0.25, 0.3) is 5.91 Å². The van der Waals surface area contributed by atoms with E-state index in [0.717, 1.165) is 19.4 Å². The lowest BCUT2D eigenvalue weighted by atomic mass is 10.1. The zero-order valence-electron chi connectivity index (χ0n) is 10.6. The lowest BCUT2D eigenvalue weighted by Gasteiger charge is -2.32. The first-order valence-electron chi connectivity index (χ1n) is 6.38.